The van der Waals surface area contributed by atoms with Crippen LogP contribution in [0.25, 0.3) is 11.0 Å². The van der Waals surface area contributed by atoms with Gasteiger partial charge in [0.25, 0.3) is 0 Å². The Morgan fingerprint density at radius 2 is 1.83 bits per heavy atom. The highest BCUT2D eigenvalue weighted by atomic mass is 35.5. The number of H-pyrrole nitrogens is 1. The van der Waals surface area contributed by atoms with Crippen LogP contribution in [0.2, 0.25) is 5.02 Å². The molecule has 0 unspecified atom stereocenters. The minimum absolute atomic E-state index is 0.0336. The Kier molecular flexibility index (Phi) is 5.40. The molecule has 0 fully saturated rings. The summed E-state index contributed by atoms with van der Waals surface area (Å²) in [6, 6.07) is 13.2. The van der Waals surface area contributed by atoms with Gasteiger partial charge in [-0.1, -0.05) is 29.8 Å². The van der Waals surface area contributed by atoms with E-state index in [9.17, 15) is 13.2 Å². The molecule has 0 amide bonds. The van der Waals surface area contributed by atoms with Crippen molar-refractivity contribution >= 4 is 38.3 Å². The van der Waals surface area contributed by atoms with Crippen LogP contribution in [0.1, 0.15) is 27.9 Å². The number of carbonyl (C=O) groups is 1. The second-order valence-corrected chi connectivity index (χ2v) is 9.36. The van der Waals surface area contributed by atoms with E-state index in [1.54, 1.807) is 48.7 Å². The second kappa shape index (κ2) is 8.01. The largest absolute Gasteiger partial charge is 0.294 e. The van der Waals surface area contributed by atoms with Crippen LogP contribution >= 0.6 is 11.6 Å². The standard InChI is InChI=1S/C22H18ClN3O3S/c1-14-2-9-21(19(23)10-14)30(28,29)18-6-3-15(4-7-18)5-8-20(27)16-11-17-13-25-26-22(17)24-12-16/h2-4,6-7,9-13H,5,8H2,1H3,(H,24,25,26). The molecule has 1 N–H and O–H groups in total. The molecular weight excluding hydrogens is 422 g/mol. The summed E-state index contributed by atoms with van der Waals surface area (Å²) in [6.45, 7) is 1.85. The molecule has 0 aliphatic carbocycles. The summed E-state index contributed by atoms with van der Waals surface area (Å²) >= 11 is 6.14. The summed E-state index contributed by atoms with van der Waals surface area (Å²) in [6.07, 6.45) is 3.94. The third-order valence-corrected chi connectivity index (χ3v) is 7.12. The number of halogens is 1. The number of hydrogen-bond acceptors (Lipinski definition) is 5. The van der Waals surface area contributed by atoms with Crippen molar-refractivity contribution in [3.63, 3.8) is 0 Å². The number of aryl methyl sites for hydroxylation is 2. The maximum atomic E-state index is 12.9. The number of nitrogens with zero attached hydrogens (tertiary/aromatic N) is 2. The summed E-state index contributed by atoms with van der Waals surface area (Å²) in [7, 11) is -3.71. The van der Waals surface area contributed by atoms with Crippen molar-refractivity contribution in [2.75, 3.05) is 0 Å². The second-order valence-electron chi connectivity index (χ2n) is 7.04. The Bertz CT molecular complexity index is 1350. The first kappa shape index (κ1) is 20.3. The SMILES string of the molecule is Cc1ccc(S(=O)(=O)c2ccc(CCC(=O)c3cnc4[nH]ncc4c3)cc2)c(Cl)c1. The molecule has 6 nitrogen and oxygen atoms in total. The molecule has 2 aromatic carbocycles. The van der Waals surface area contributed by atoms with Crippen LogP contribution in [-0.2, 0) is 16.3 Å². The number of pyridine rings is 1. The lowest BCUT2D eigenvalue weighted by Gasteiger charge is -2.08. The van der Waals surface area contributed by atoms with Crippen LogP contribution < -0.4 is 0 Å². The number of rotatable bonds is 6. The zero-order valence-corrected chi connectivity index (χ0v) is 17.7. The molecule has 0 spiro atoms. The van der Waals surface area contributed by atoms with E-state index in [1.807, 2.05) is 6.92 Å². The maximum Gasteiger partial charge on any atom is 0.208 e. The molecule has 0 aliphatic heterocycles. The number of aromatic nitrogens is 3. The highest BCUT2D eigenvalue weighted by Gasteiger charge is 2.20. The molecule has 2 heterocycles. The predicted molar refractivity (Wildman–Crippen MR) is 115 cm³/mol. The van der Waals surface area contributed by atoms with Crippen molar-refractivity contribution in [2.24, 2.45) is 0 Å². The van der Waals surface area contributed by atoms with E-state index in [2.05, 4.69) is 15.2 Å². The number of fused-ring (bicyclic) bond motifs is 1. The van der Waals surface area contributed by atoms with E-state index in [0.29, 0.717) is 24.1 Å². The van der Waals surface area contributed by atoms with Crippen LogP contribution in [0, 0.1) is 6.92 Å². The average Bonchev–Trinajstić information content (AvgIpc) is 3.20. The summed E-state index contributed by atoms with van der Waals surface area (Å²) in [4.78, 5) is 16.9. The Balaban J connectivity index is 1.47. The Labute approximate surface area is 178 Å². The van der Waals surface area contributed by atoms with Gasteiger partial charge in [-0.25, -0.2) is 13.4 Å². The van der Waals surface area contributed by atoms with Crippen molar-refractivity contribution in [1.29, 1.82) is 0 Å². The predicted octanol–water partition coefficient (Wildman–Crippen LogP) is 4.57. The van der Waals surface area contributed by atoms with E-state index in [1.165, 1.54) is 12.3 Å². The number of ketones is 1. The minimum atomic E-state index is -3.71. The molecular formula is C22H18ClN3O3S. The number of carbonyl (C=O) groups excluding carboxylic acids is 1. The number of hydrogen-bond donors (Lipinski definition) is 1. The van der Waals surface area contributed by atoms with Gasteiger partial charge in [-0.2, -0.15) is 5.10 Å². The van der Waals surface area contributed by atoms with E-state index in [4.69, 9.17) is 11.6 Å². The summed E-state index contributed by atoms with van der Waals surface area (Å²) in [5.74, 6) is -0.0336. The summed E-state index contributed by atoms with van der Waals surface area (Å²) < 4.78 is 25.7. The quantitative estimate of drug-likeness (QED) is 0.444. The number of benzene rings is 2. The van der Waals surface area contributed by atoms with Crippen molar-refractivity contribution < 1.29 is 13.2 Å². The van der Waals surface area contributed by atoms with Gasteiger partial charge in [-0.05, 0) is 54.8 Å². The van der Waals surface area contributed by atoms with Crippen LogP contribution in [0.15, 0.2) is 70.7 Å². The Hall–Kier alpha value is -3.03. The zero-order valence-electron chi connectivity index (χ0n) is 16.1. The lowest BCUT2D eigenvalue weighted by atomic mass is 10.0. The molecule has 0 saturated heterocycles. The van der Waals surface area contributed by atoms with Crippen LogP contribution in [0.5, 0.6) is 0 Å². The van der Waals surface area contributed by atoms with E-state index in [0.717, 1.165) is 16.5 Å². The lowest BCUT2D eigenvalue weighted by molar-refractivity contribution is 0.0982. The minimum Gasteiger partial charge on any atom is -0.294 e. The Morgan fingerprint density at radius 1 is 1.07 bits per heavy atom. The van der Waals surface area contributed by atoms with Crippen molar-refractivity contribution in [2.45, 2.75) is 29.6 Å². The smallest absolute Gasteiger partial charge is 0.208 e. The molecule has 2 aromatic heterocycles. The molecule has 4 aromatic rings. The fraction of sp³-hybridized carbons (Fsp3) is 0.136. The van der Waals surface area contributed by atoms with Gasteiger partial charge < -0.3 is 0 Å². The van der Waals surface area contributed by atoms with Crippen molar-refractivity contribution in [1.82, 2.24) is 15.2 Å². The van der Waals surface area contributed by atoms with Gasteiger partial charge in [0, 0.05) is 23.6 Å². The zero-order chi connectivity index (χ0) is 21.3. The number of sulfone groups is 1. The first-order valence-electron chi connectivity index (χ1n) is 9.27. The fourth-order valence-corrected chi connectivity index (χ4v) is 5.03. The van der Waals surface area contributed by atoms with Crippen LogP contribution in [-0.4, -0.2) is 29.4 Å². The number of nitrogens with one attached hydrogen (secondary N) is 1. The van der Waals surface area contributed by atoms with Crippen LogP contribution in [0.3, 0.4) is 0 Å². The number of aromatic amines is 1. The molecule has 0 radical (unpaired) electrons. The highest BCUT2D eigenvalue weighted by Crippen LogP contribution is 2.28. The van der Waals surface area contributed by atoms with Crippen molar-refractivity contribution in [3.8, 4) is 0 Å². The van der Waals surface area contributed by atoms with Gasteiger partial charge in [0.1, 0.15) is 0 Å². The topological polar surface area (TPSA) is 92.8 Å². The molecule has 0 saturated carbocycles. The van der Waals surface area contributed by atoms with Crippen LogP contribution in [0.4, 0.5) is 0 Å². The van der Waals surface area contributed by atoms with Gasteiger partial charge in [0.2, 0.25) is 9.84 Å². The van der Waals surface area contributed by atoms with E-state index < -0.39 is 9.84 Å². The van der Waals surface area contributed by atoms with E-state index in [-0.39, 0.29) is 20.6 Å². The van der Waals surface area contributed by atoms with Gasteiger partial charge in [-0.3, -0.25) is 9.89 Å². The molecule has 0 bridgehead atoms. The van der Waals surface area contributed by atoms with Crippen molar-refractivity contribution in [3.05, 3.63) is 82.6 Å². The monoisotopic (exact) mass is 439 g/mol. The normalized spacial score (nSPS) is 11.7. The molecule has 30 heavy (non-hydrogen) atoms. The summed E-state index contributed by atoms with van der Waals surface area (Å²) in [5.41, 5.74) is 2.92. The van der Waals surface area contributed by atoms with Gasteiger partial charge >= 0.3 is 0 Å². The van der Waals surface area contributed by atoms with Gasteiger partial charge in [-0.15, -0.1) is 0 Å². The first-order chi connectivity index (χ1) is 14.3. The Morgan fingerprint density at radius 3 is 2.57 bits per heavy atom. The molecule has 152 valence electrons. The van der Waals surface area contributed by atoms with Gasteiger partial charge in [0.15, 0.2) is 11.4 Å². The third-order valence-electron chi connectivity index (χ3n) is 4.86. The maximum absolute atomic E-state index is 12.9. The fourth-order valence-electron chi connectivity index (χ4n) is 3.18. The van der Waals surface area contributed by atoms with Gasteiger partial charge in [0.05, 0.1) is 21.0 Å². The average molecular weight is 440 g/mol. The molecule has 0 aliphatic rings. The molecule has 8 heteroatoms. The van der Waals surface area contributed by atoms with E-state index >= 15 is 0 Å². The third kappa shape index (κ3) is 3.99. The lowest BCUT2D eigenvalue weighted by Crippen LogP contribution is -2.04. The molecule has 0 atom stereocenters. The first-order valence-corrected chi connectivity index (χ1v) is 11.1. The molecule has 4 rings (SSSR count). The highest BCUT2D eigenvalue weighted by molar-refractivity contribution is 7.91. The number of Topliss-reactive ketones (excluding diaryl/α,β-unsaturated/α-hetero) is 1. The summed E-state index contributed by atoms with van der Waals surface area (Å²) in [5, 5.41) is 7.63.